The molecule has 2 aliphatic rings. The van der Waals surface area contributed by atoms with E-state index < -0.39 is 0 Å². The molecule has 23 heavy (non-hydrogen) atoms. The molecule has 0 radical (unpaired) electrons. The highest BCUT2D eigenvalue weighted by Gasteiger charge is 2.20. The van der Waals surface area contributed by atoms with E-state index >= 15 is 0 Å². The summed E-state index contributed by atoms with van der Waals surface area (Å²) < 4.78 is 5.37. The summed E-state index contributed by atoms with van der Waals surface area (Å²) >= 11 is 0. The molecule has 1 aromatic heterocycles. The molecule has 1 N–H and O–H groups in total. The molecule has 0 atom stereocenters. The van der Waals surface area contributed by atoms with Crippen molar-refractivity contribution in [3.8, 4) is 6.07 Å². The average molecular weight is 315 g/mol. The van der Waals surface area contributed by atoms with E-state index in [2.05, 4.69) is 26.2 Å². The fraction of sp³-hybridized carbons (Fsp3) is 0.647. The highest BCUT2D eigenvalue weighted by Crippen LogP contribution is 2.18. The number of morpholine rings is 1. The van der Waals surface area contributed by atoms with E-state index in [1.807, 2.05) is 6.07 Å². The van der Waals surface area contributed by atoms with Crippen LogP contribution in [0.4, 0.5) is 5.82 Å². The van der Waals surface area contributed by atoms with Gasteiger partial charge in [-0.3, -0.25) is 4.90 Å². The van der Waals surface area contributed by atoms with Gasteiger partial charge in [0, 0.05) is 51.5 Å². The average Bonchev–Trinajstić information content (AvgIpc) is 2.63. The number of ether oxygens (including phenoxy) is 1. The van der Waals surface area contributed by atoms with Crippen LogP contribution in [0.25, 0.3) is 0 Å². The second kappa shape index (κ2) is 8.25. The summed E-state index contributed by atoms with van der Waals surface area (Å²) in [5.41, 5.74) is 0.681. The number of nitrogens with zero attached hydrogens (tertiary/aromatic N) is 4. The van der Waals surface area contributed by atoms with Crippen LogP contribution in [0.1, 0.15) is 18.4 Å². The Balaban J connectivity index is 1.39. The fourth-order valence-corrected chi connectivity index (χ4v) is 3.23. The zero-order chi connectivity index (χ0) is 15.9. The number of nitriles is 1. The van der Waals surface area contributed by atoms with Crippen LogP contribution in [0.15, 0.2) is 18.3 Å². The number of nitrogens with one attached hydrogen (secondary N) is 1. The molecule has 6 nitrogen and oxygen atoms in total. The van der Waals surface area contributed by atoms with Gasteiger partial charge in [0.2, 0.25) is 0 Å². The first-order chi connectivity index (χ1) is 11.3. The van der Waals surface area contributed by atoms with E-state index in [0.717, 1.165) is 71.1 Å². The van der Waals surface area contributed by atoms with E-state index in [1.54, 1.807) is 12.3 Å². The molecule has 0 aromatic carbocycles. The third-order valence-electron chi connectivity index (χ3n) is 4.66. The van der Waals surface area contributed by atoms with Crippen LogP contribution < -0.4 is 10.2 Å². The molecule has 2 aliphatic heterocycles. The quantitative estimate of drug-likeness (QED) is 0.869. The maximum atomic E-state index is 8.99. The van der Waals surface area contributed by atoms with E-state index in [9.17, 15) is 0 Å². The molecule has 3 heterocycles. The fourth-order valence-electron chi connectivity index (χ4n) is 3.23. The van der Waals surface area contributed by atoms with Crippen molar-refractivity contribution in [3.05, 3.63) is 23.9 Å². The van der Waals surface area contributed by atoms with Crippen LogP contribution in [-0.4, -0.2) is 68.4 Å². The van der Waals surface area contributed by atoms with Gasteiger partial charge in [-0.25, -0.2) is 4.98 Å². The van der Waals surface area contributed by atoms with Crippen molar-refractivity contribution >= 4 is 5.82 Å². The highest BCUT2D eigenvalue weighted by molar-refractivity contribution is 5.45. The number of pyridine rings is 1. The monoisotopic (exact) mass is 315 g/mol. The first kappa shape index (κ1) is 16.2. The van der Waals surface area contributed by atoms with Crippen LogP contribution in [0.3, 0.4) is 0 Å². The predicted molar refractivity (Wildman–Crippen MR) is 89.4 cm³/mol. The second-order valence-electron chi connectivity index (χ2n) is 6.18. The Labute approximate surface area is 138 Å². The van der Waals surface area contributed by atoms with Gasteiger partial charge in [-0.1, -0.05) is 0 Å². The Morgan fingerprint density at radius 1 is 1.26 bits per heavy atom. The molecule has 0 amide bonds. The minimum Gasteiger partial charge on any atom is -0.379 e. The van der Waals surface area contributed by atoms with E-state index in [1.165, 1.54) is 0 Å². The number of rotatable bonds is 5. The van der Waals surface area contributed by atoms with Gasteiger partial charge < -0.3 is 15.0 Å². The molecule has 6 heteroatoms. The molecule has 2 saturated heterocycles. The Morgan fingerprint density at radius 3 is 2.78 bits per heavy atom. The lowest BCUT2D eigenvalue weighted by Crippen LogP contribution is -2.46. The van der Waals surface area contributed by atoms with Gasteiger partial charge in [0.05, 0.1) is 24.8 Å². The van der Waals surface area contributed by atoms with E-state index in [0.29, 0.717) is 11.6 Å². The van der Waals surface area contributed by atoms with Crippen molar-refractivity contribution < 1.29 is 4.74 Å². The van der Waals surface area contributed by atoms with Gasteiger partial charge in [-0.05, 0) is 25.0 Å². The van der Waals surface area contributed by atoms with Crippen molar-refractivity contribution in [2.75, 3.05) is 57.4 Å². The predicted octanol–water partition coefficient (Wildman–Crippen LogP) is 0.844. The molecular formula is C17H25N5O. The number of hydrogen-bond acceptors (Lipinski definition) is 6. The summed E-state index contributed by atoms with van der Waals surface area (Å²) in [6.07, 6.45) is 3.98. The molecule has 124 valence electrons. The van der Waals surface area contributed by atoms with Gasteiger partial charge in [-0.2, -0.15) is 5.26 Å². The number of hydrogen-bond donors (Lipinski definition) is 1. The van der Waals surface area contributed by atoms with Crippen molar-refractivity contribution in [1.29, 1.82) is 5.26 Å². The van der Waals surface area contributed by atoms with Gasteiger partial charge in [0.1, 0.15) is 5.82 Å². The minimum atomic E-state index is 0.589. The smallest absolute Gasteiger partial charge is 0.129 e. The molecule has 3 rings (SSSR count). The minimum absolute atomic E-state index is 0.589. The first-order valence-corrected chi connectivity index (χ1v) is 8.50. The largest absolute Gasteiger partial charge is 0.379 e. The Morgan fingerprint density at radius 2 is 2.04 bits per heavy atom. The first-order valence-electron chi connectivity index (χ1n) is 8.50. The molecule has 0 unspecified atom stereocenters. The van der Waals surface area contributed by atoms with Crippen molar-refractivity contribution in [1.82, 2.24) is 15.2 Å². The number of aromatic nitrogens is 1. The van der Waals surface area contributed by atoms with Crippen molar-refractivity contribution in [3.63, 3.8) is 0 Å². The standard InChI is InChI=1S/C17H25N5O/c18-14-15-1-4-20-17(13-15)22-6-2-16(3-7-22)19-5-8-21-9-11-23-12-10-21/h1,4,13,16,19H,2-3,5-12H2. The molecule has 0 saturated carbocycles. The Kier molecular flexibility index (Phi) is 5.81. The number of piperidine rings is 1. The lowest BCUT2D eigenvalue weighted by atomic mass is 10.0. The van der Waals surface area contributed by atoms with Gasteiger partial charge in [0.25, 0.3) is 0 Å². The Hall–Kier alpha value is -1.68. The van der Waals surface area contributed by atoms with Crippen LogP contribution >= 0.6 is 0 Å². The summed E-state index contributed by atoms with van der Waals surface area (Å²) in [4.78, 5) is 9.14. The lowest BCUT2D eigenvalue weighted by Gasteiger charge is -2.34. The SMILES string of the molecule is N#Cc1ccnc(N2CCC(NCCN3CCOCC3)CC2)c1. The molecule has 2 fully saturated rings. The van der Waals surface area contributed by atoms with Crippen LogP contribution in [0.2, 0.25) is 0 Å². The Bertz CT molecular complexity index is 530. The van der Waals surface area contributed by atoms with Crippen LogP contribution in [0.5, 0.6) is 0 Å². The second-order valence-corrected chi connectivity index (χ2v) is 6.18. The van der Waals surface area contributed by atoms with Gasteiger partial charge >= 0.3 is 0 Å². The van der Waals surface area contributed by atoms with Crippen LogP contribution in [-0.2, 0) is 4.74 Å². The maximum absolute atomic E-state index is 8.99. The maximum Gasteiger partial charge on any atom is 0.129 e. The summed E-state index contributed by atoms with van der Waals surface area (Å²) in [5.74, 6) is 0.927. The third kappa shape index (κ3) is 4.64. The molecule has 0 spiro atoms. The zero-order valence-corrected chi connectivity index (χ0v) is 13.6. The molecule has 1 aromatic rings. The normalized spacial score (nSPS) is 20.4. The number of anilines is 1. The van der Waals surface area contributed by atoms with E-state index in [4.69, 9.17) is 10.00 Å². The van der Waals surface area contributed by atoms with Gasteiger partial charge in [-0.15, -0.1) is 0 Å². The lowest BCUT2D eigenvalue weighted by molar-refractivity contribution is 0.0380. The van der Waals surface area contributed by atoms with Crippen molar-refractivity contribution in [2.45, 2.75) is 18.9 Å². The van der Waals surface area contributed by atoms with E-state index in [-0.39, 0.29) is 0 Å². The summed E-state index contributed by atoms with van der Waals surface area (Å²) in [7, 11) is 0. The molecular weight excluding hydrogens is 290 g/mol. The topological polar surface area (TPSA) is 64.4 Å². The van der Waals surface area contributed by atoms with Crippen molar-refractivity contribution in [2.24, 2.45) is 0 Å². The highest BCUT2D eigenvalue weighted by atomic mass is 16.5. The summed E-state index contributed by atoms with van der Waals surface area (Å²) in [5, 5.41) is 12.7. The summed E-state index contributed by atoms with van der Waals surface area (Å²) in [6.45, 7) is 8.00. The molecule has 0 aliphatic carbocycles. The van der Waals surface area contributed by atoms with Gasteiger partial charge in [0.15, 0.2) is 0 Å². The molecule has 0 bridgehead atoms. The summed E-state index contributed by atoms with van der Waals surface area (Å²) in [6, 6.07) is 6.41. The zero-order valence-electron chi connectivity index (χ0n) is 13.6. The van der Waals surface area contributed by atoms with Crippen LogP contribution in [0, 0.1) is 11.3 Å². The third-order valence-corrected chi connectivity index (χ3v) is 4.66.